The van der Waals surface area contributed by atoms with Crippen LogP contribution in [-0.2, 0) is 0 Å². The third-order valence-electron chi connectivity index (χ3n) is 3.37. The van der Waals surface area contributed by atoms with E-state index in [4.69, 9.17) is 0 Å². The summed E-state index contributed by atoms with van der Waals surface area (Å²) in [4.78, 5) is 22.8. The van der Waals surface area contributed by atoms with E-state index in [-0.39, 0.29) is 5.91 Å². The van der Waals surface area contributed by atoms with Crippen LogP contribution in [-0.4, -0.2) is 34.4 Å². The van der Waals surface area contributed by atoms with Crippen molar-refractivity contribution >= 4 is 33.3 Å². The third kappa shape index (κ3) is 5.03. The van der Waals surface area contributed by atoms with Gasteiger partial charge in [-0.3, -0.25) is 4.79 Å². The lowest BCUT2D eigenvalue weighted by Gasteiger charge is -2.17. The Bertz CT molecular complexity index is 673. The molecule has 1 N–H and O–H groups in total. The normalized spacial score (nSPS) is 10.4. The Labute approximate surface area is 145 Å². The average Bonchev–Trinajstić information content (AvgIpc) is 2.53. The summed E-state index contributed by atoms with van der Waals surface area (Å²) in [6.45, 7) is 4.62. The minimum absolute atomic E-state index is 0.0807. The zero-order chi connectivity index (χ0) is 16.8. The summed E-state index contributed by atoms with van der Waals surface area (Å²) in [6.07, 6.45) is 2.03. The molecule has 122 valence electrons. The van der Waals surface area contributed by atoms with Crippen molar-refractivity contribution in [2.75, 3.05) is 18.9 Å². The standard InChI is InChI=1S/C17H21BrN4O/c1-4-5-10-22(3)17(23)15-11-16(20-12(2)19-15)21-14-8-6-13(18)7-9-14/h6-9,11H,4-5,10H2,1-3H3,(H,19,20,21). The highest BCUT2D eigenvalue weighted by Crippen LogP contribution is 2.19. The lowest BCUT2D eigenvalue weighted by molar-refractivity contribution is 0.0787. The highest BCUT2D eigenvalue weighted by molar-refractivity contribution is 9.10. The van der Waals surface area contributed by atoms with E-state index in [1.807, 2.05) is 24.3 Å². The zero-order valence-electron chi connectivity index (χ0n) is 13.6. The fraction of sp³-hybridized carbons (Fsp3) is 0.353. The summed E-state index contributed by atoms with van der Waals surface area (Å²) in [7, 11) is 1.80. The van der Waals surface area contributed by atoms with Gasteiger partial charge in [0.15, 0.2) is 0 Å². The highest BCUT2D eigenvalue weighted by Gasteiger charge is 2.15. The second-order valence-electron chi connectivity index (χ2n) is 5.40. The van der Waals surface area contributed by atoms with Gasteiger partial charge in [0.25, 0.3) is 5.91 Å². The number of hydrogen-bond acceptors (Lipinski definition) is 4. The van der Waals surface area contributed by atoms with Gasteiger partial charge >= 0.3 is 0 Å². The fourth-order valence-electron chi connectivity index (χ4n) is 2.11. The van der Waals surface area contributed by atoms with Gasteiger partial charge in [-0.15, -0.1) is 0 Å². The van der Waals surface area contributed by atoms with E-state index >= 15 is 0 Å². The number of nitrogens with one attached hydrogen (secondary N) is 1. The highest BCUT2D eigenvalue weighted by atomic mass is 79.9. The van der Waals surface area contributed by atoms with Crippen molar-refractivity contribution in [3.63, 3.8) is 0 Å². The van der Waals surface area contributed by atoms with Gasteiger partial charge < -0.3 is 10.2 Å². The number of carbonyl (C=O) groups is 1. The van der Waals surface area contributed by atoms with E-state index < -0.39 is 0 Å². The smallest absolute Gasteiger partial charge is 0.272 e. The number of benzene rings is 1. The van der Waals surface area contributed by atoms with E-state index in [2.05, 4.69) is 38.1 Å². The zero-order valence-corrected chi connectivity index (χ0v) is 15.2. The van der Waals surface area contributed by atoms with Gasteiger partial charge in [0.05, 0.1) is 0 Å². The molecule has 23 heavy (non-hydrogen) atoms. The molecular formula is C17H21BrN4O. The number of aryl methyl sites for hydroxylation is 1. The summed E-state index contributed by atoms with van der Waals surface area (Å²) in [5.41, 5.74) is 1.32. The van der Waals surface area contributed by atoms with Crippen molar-refractivity contribution in [3.05, 3.63) is 46.3 Å². The second-order valence-corrected chi connectivity index (χ2v) is 6.31. The van der Waals surface area contributed by atoms with Crippen LogP contribution >= 0.6 is 15.9 Å². The topological polar surface area (TPSA) is 58.1 Å². The monoisotopic (exact) mass is 376 g/mol. The molecule has 1 aromatic heterocycles. The van der Waals surface area contributed by atoms with Crippen LogP contribution in [0.1, 0.15) is 36.1 Å². The molecule has 0 spiro atoms. The molecule has 1 amide bonds. The molecule has 6 heteroatoms. The number of rotatable bonds is 6. The average molecular weight is 377 g/mol. The van der Waals surface area contributed by atoms with Crippen molar-refractivity contribution in [3.8, 4) is 0 Å². The van der Waals surface area contributed by atoms with Gasteiger partial charge in [0.1, 0.15) is 17.3 Å². The molecular weight excluding hydrogens is 356 g/mol. The minimum atomic E-state index is -0.0807. The lowest BCUT2D eigenvalue weighted by atomic mass is 10.2. The van der Waals surface area contributed by atoms with Crippen LogP contribution < -0.4 is 5.32 Å². The molecule has 0 aliphatic carbocycles. The Balaban J connectivity index is 2.18. The first-order valence-corrected chi connectivity index (χ1v) is 8.42. The Kier molecular flexibility index (Phi) is 6.10. The van der Waals surface area contributed by atoms with Gasteiger partial charge in [0, 0.05) is 29.8 Å². The number of unbranched alkanes of at least 4 members (excludes halogenated alkanes) is 1. The molecule has 0 unspecified atom stereocenters. The molecule has 0 saturated heterocycles. The summed E-state index contributed by atoms with van der Waals surface area (Å²) < 4.78 is 1.01. The molecule has 1 heterocycles. The first-order valence-electron chi connectivity index (χ1n) is 7.63. The van der Waals surface area contributed by atoms with Crippen LogP contribution in [0.15, 0.2) is 34.8 Å². The molecule has 2 rings (SSSR count). The molecule has 0 saturated carbocycles. The molecule has 0 aliphatic rings. The molecule has 0 bridgehead atoms. The lowest BCUT2D eigenvalue weighted by Crippen LogP contribution is -2.28. The van der Waals surface area contributed by atoms with Gasteiger partial charge in [0.2, 0.25) is 0 Å². The molecule has 0 radical (unpaired) electrons. The summed E-state index contributed by atoms with van der Waals surface area (Å²) in [5, 5.41) is 3.21. The second kappa shape index (κ2) is 8.06. The van der Waals surface area contributed by atoms with E-state index in [9.17, 15) is 4.79 Å². The Hall–Kier alpha value is -1.95. The fourth-order valence-corrected chi connectivity index (χ4v) is 2.38. The van der Waals surface area contributed by atoms with Gasteiger partial charge in [-0.1, -0.05) is 29.3 Å². The van der Waals surface area contributed by atoms with Gasteiger partial charge in [-0.05, 0) is 37.6 Å². The predicted octanol–water partition coefficient (Wildman–Crippen LogP) is 4.16. The first-order chi connectivity index (χ1) is 11.0. The summed E-state index contributed by atoms with van der Waals surface area (Å²) in [6, 6.07) is 9.47. The molecule has 0 aliphatic heterocycles. The van der Waals surface area contributed by atoms with Gasteiger partial charge in [-0.25, -0.2) is 9.97 Å². The number of amides is 1. The molecule has 0 fully saturated rings. The summed E-state index contributed by atoms with van der Waals surface area (Å²) >= 11 is 3.41. The first kappa shape index (κ1) is 17.4. The van der Waals surface area contributed by atoms with E-state index in [0.29, 0.717) is 17.3 Å². The van der Waals surface area contributed by atoms with E-state index in [0.717, 1.165) is 29.5 Å². The van der Waals surface area contributed by atoms with Crippen LogP contribution in [0.5, 0.6) is 0 Å². The SMILES string of the molecule is CCCCN(C)C(=O)c1cc(Nc2ccc(Br)cc2)nc(C)n1. The van der Waals surface area contributed by atoms with E-state index in [1.54, 1.807) is 24.9 Å². The maximum atomic E-state index is 12.5. The van der Waals surface area contributed by atoms with Crippen LogP contribution in [0.2, 0.25) is 0 Å². The van der Waals surface area contributed by atoms with Gasteiger partial charge in [-0.2, -0.15) is 0 Å². The van der Waals surface area contributed by atoms with Crippen molar-refractivity contribution in [2.45, 2.75) is 26.7 Å². The van der Waals surface area contributed by atoms with Crippen molar-refractivity contribution in [1.82, 2.24) is 14.9 Å². The predicted molar refractivity (Wildman–Crippen MR) is 96.1 cm³/mol. The number of carbonyl (C=O) groups excluding carboxylic acids is 1. The Morgan fingerprint density at radius 3 is 2.61 bits per heavy atom. The maximum absolute atomic E-state index is 12.5. The number of aromatic nitrogens is 2. The maximum Gasteiger partial charge on any atom is 0.272 e. The quantitative estimate of drug-likeness (QED) is 0.821. The number of nitrogens with zero attached hydrogens (tertiary/aromatic N) is 3. The molecule has 2 aromatic rings. The third-order valence-corrected chi connectivity index (χ3v) is 3.90. The summed E-state index contributed by atoms with van der Waals surface area (Å²) in [5.74, 6) is 1.11. The van der Waals surface area contributed by atoms with Crippen molar-refractivity contribution in [2.24, 2.45) is 0 Å². The molecule has 1 aromatic carbocycles. The van der Waals surface area contributed by atoms with Crippen molar-refractivity contribution < 1.29 is 4.79 Å². The Morgan fingerprint density at radius 2 is 1.96 bits per heavy atom. The largest absolute Gasteiger partial charge is 0.340 e. The molecule has 0 atom stereocenters. The van der Waals surface area contributed by atoms with Crippen LogP contribution in [0.4, 0.5) is 11.5 Å². The number of halogens is 1. The number of anilines is 2. The Morgan fingerprint density at radius 1 is 1.26 bits per heavy atom. The van der Waals surface area contributed by atoms with Crippen LogP contribution in [0.3, 0.4) is 0 Å². The number of hydrogen-bond donors (Lipinski definition) is 1. The molecule has 5 nitrogen and oxygen atoms in total. The van der Waals surface area contributed by atoms with E-state index in [1.165, 1.54) is 0 Å². The van der Waals surface area contributed by atoms with Crippen molar-refractivity contribution in [1.29, 1.82) is 0 Å². The minimum Gasteiger partial charge on any atom is -0.340 e. The van der Waals surface area contributed by atoms with Crippen LogP contribution in [0, 0.1) is 6.92 Å². The van der Waals surface area contributed by atoms with Crippen LogP contribution in [0.25, 0.3) is 0 Å².